The predicted molar refractivity (Wildman–Crippen MR) is 128 cm³/mol. The molecular formula is C28H43NO6. The highest BCUT2D eigenvalue weighted by Crippen LogP contribution is 2.68. The first-order chi connectivity index (χ1) is 16.5. The van der Waals surface area contributed by atoms with Crippen LogP contribution in [0.3, 0.4) is 0 Å². The number of rotatable bonds is 5. The van der Waals surface area contributed by atoms with Crippen molar-refractivity contribution in [2.24, 2.45) is 46.3 Å². The molecule has 1 aliphatic heterocycles. The van der Waals surface area contributed by atoms with E-state index in [0.29, 0.717) is 40.1 Å². The van der Waals surface area contributed by atoms with Gasteiger partial charge >= 0.3 is 5.97 Å². The van der Waals surface area contributed by atoms with Crippen LogP contribution in [-0.4, -0.2) is 45.3 Å². The first-order valence-corrected chi connectivity index (χ1v) is 14.0. The number of imide groups is 1. The Balaban J connectivity index is 1.20. The molecule has 4 saturated carbocycles. The third-order valence-electron chi connectivity index (χ3n) is 11.5. The number of fused-ring (bicyclic) bond motifs is 5. The normalized spacial score (nSPS) is 46.1. The third-order valence-corrected chi connectivity index (χ3v) is 11.5. The lowest BCUT2D eigenvalue weighted by atomic mass is 9.44. The van der Waals surface area contributed by atoms with E-state index >= 15 is 0 Å². The summed E-state index contributed by atoms with van der Waals surface area (Å²) < 4.78 is 0. The van der Waals surface area contributed by atoms with Gasteiger partial charge in [0.15, 0.2) is 0 Å². The molecule has 2 unspecified atom stereocenters. The minimum Gasteiger partial charge on any atom is -0.393 e. The van der Waals surface area contributed by atoms with Gasteiger partial charge in [-0.15, -0.1) is 0 Å². The van der Waals surface area contributed by atoms with Crippen LogP contribution in [0.4, 0.5) is 0 Å². The van der Waals surface area contributed by atoms with Crippen LogP contribution in [0.15, 0.2) is 0 Å². The Morgan fingerprint density at radius 2 is 1.74 bits per heavy atom. The van der Waals surface area contributed by atoms with Crippen LogP contribution in [0.1, 0.15) is 97.8 Å². The highest BCUT2D eigenvalue weighted by Gasteiger charge is 2.60. The third kappa shape index (κ3) is 4.14. The highest BCUT2D eigenvalue weighted by atomic mass is 16.7. The fraction of sp³-hybridized carbons (Fsp3) is 0.893. The highest BCUT2D eigenvalue weighted by molar-refractivity contribution is 6.04. The summed E-state index contributed by atoms with van der Waals surface area (Å²) in [7, 11) is 0. The Labute approximate surface area is 208 Å². The number of amides is 2. The van der Waals surface area contributed by atoms with Crippen LogP contribution < -0.4 is 0 Å². The van der Waals surface area contributed by atoms with Gasteiger partial charge in [0.25, 0.3) is 11.8 Å². The van der Waals surface area contributed by atoms with Gasteiger partial charge in [-0.3, -0.25) is 9.59 Å². The van der Waals surface area contributed by atoms with E-state index in [2.05, 4.69) is 20.8 Å². The summed E-state index contributed by atoms with van der Waals surface area (Å²) in [5.74, 6) is 1.81. The maximum Gasteiger partial charge on any atom is 0.333 e. The molecule has 35 heavy (non-hydrogen) atoms. The maximum absolute atomic E-state index is 12.4. The molecule has 5 fully saturated rings. The zero-order valence-corrected chi connectivity index (χ0v) is 21.6. The van der Waals surface area contributed by atoms with Crippen molar-refractivity contribution in [3.05, 3.63) is 0 Å². The minimum absolute atomic E-state index is 0.103. The summed E-state index contributed by atoms with van der Waals surface area (Å²) >= 11 is 0. The van der Waals surface area contributed by atoms with Crippen molar-refractivity contribution in [3.63, 3.8) is 0 Å². The summed E-state index contributed by atoms with van der Waals surface area (Å²) in [6, 6.07) is 0. The van der Waals surface area contributed by atoms with E-state index in [0.717, 1.165) is 30.6 Å². The number of carbonyl (C=O) groups excluding carboxylic acids is 3. The molecule has 4 aliphatic carbocycles. The molecule has 2 N–H and O–H groups in total. The van der Waals surface area contributed by atoms with Gasteiger partial charge in [-0.25, -0.2) is 4.79 Å². The average Bonchev–Trinajstić information content (AvgIpc) is 3.29. The second-order valence-corrected chi connectivity index (χ2v) is 13.0. The van der Waals surface area contributed by atoms with Gasteiger partial charge in [-0.05, 0) is 111 Å². The van der Waals surface area contributed by atoms with E-state index in [9.17, 15) is 24.6 Å². The quantitative estimate of drug-likeness (QED) is 0.566. The van der Waals surface area contributed by atoms with E-state index in [4.69, 9.17) is 4.84 Å². The average molecular weight is 490 g/mol. The summed E-state index contributed by atoms with van der Waals surface area (Å²) in [6.45, 7) is 7.27. The van der Waals surface area contributed by atoms with Gasteiger partial charge in [0.05, 0.1) is 12.5 Å². The van der Waals surface area contributed by atoms with Gasteiger partial charge in [-0.2, -0.15) is 0 Å². The Morgan fingerprint density at radius 3 is 2.46 bits per heavy atom. The van der Waals surface area contributed by atoms with Crippen LogP contribution in [-0.2, 0) is 19.2 Å². The number of aliphatic hydroxyl groups excluding tert-OH is 2. The molecule has 10 atom stereocenters. The molecule has 0 aromatic carbocycles. The van der Waals surface area contributed by atoms with Crippen LogP contribution in [0.5, 0.6) is 0 Å². The van der Waals surface area contributed by atoms with Crippen molar-refractivity contribution in [1.82, 2.24) is 5.06 Å². The van der Waals surface area contributed by atoms with E-state index < -0.39 is 23.9 Å². The smallest absolute Gasteiger partial charge is 0.333 e. The lowest BCUT2D eigenvalue weighted by molar-refractivity contribution is -0.199. The zero-order chi connectivity index (χ0) is 25.1. The zero-order valence-electron chi connectivity index (χ0n) is 21.6. The summed E-state index contributed by atoms with van der Waals surface area (Å²) in [5.41, 5.74) is 0.682. The molecule has 0 aromatic rings. The van der Waals surface area contributed by atoms with Crippen molar-refractivity contribution in [2.75, 3.05) is 0 Å². The molecular weight excluding hydrogens is 446 g/mol. The standard InChI is InChI=1S/C28H43NO6/c1-16(4-9-25(33)35-29-24(32)15-23(31)26(29)34)20-7-8-21-19-6-5-17-14-18(30)10-12-27(17,2)22(19)11-13-28(20,21)3/h16-23,30-31H,4-15H2,1-3H3/t16-,17?,18-,19+,20-,21+,22+,23?,27+,28-/m1/s1. The number of hydrogen-bond acceptors (Lipinski definition) is 6. The number of carbonyl (C=O) groups is 3. The summed E-state index contributed by atoms with van der Waals surface area (Å²) in [4.78, 5) is 41.0. The summed E-state index contributed by atoms with van der Waals surface area (Å²) in [5, 5.41) is 20.2. The van der Waals surface area contributed by atoms with Gasteiger partial charge < -0.3 is 15.1 Å². The molecule has 7 heteroatoms. The van der Waals surface area contributed by atoms with E-state index in [1.807, 2.05) is 0 Å². The fourth-order valence-corrected chi connectivity index (χ4v) is 9.59. The molecule has 196 valence electrons. The maximum atomic E-state index is 12.4. The van der Waals surface area contributed by atoms with E-state index in [1.54, 1.807) is 0 Å². The van der Waals surface area contributed by atoms with Crippen molar-refractivity contribution in [2.45, 2.75) is 110 Å². The lowest BCUT2D eigenvalue weighted by Crippen LogP contribution is -2.54. The van der Waals surface area contributed by atoms with E-state index in [-0.39, 0.29) is 18.9 Å². The molecule has 0 spiro atoms. The lowest BCUT2D eigenvalue weighted by Gasteiger charge is -2.61. The molecule has 5 aliphatic rings. The molecule has 2 amide bonds. The molecule has 0 radical (unpaired) electrons. The minimum atomic E-state index is -1.41. The second-order valence-electron chi connectivity index (χ2n) is 13.0. The van der Waals surface area contributed by atoms with Gasteiger partial charge in [0.2, 0.25) is 0 Å². The number of aliphatic hydroxyl groups is 2. The predicted octanol–water partition coefficient (Wildman–Crippen LogP) is 4.00. The number of hydrogen-bond donors (Lipinski definition) is 2. The Kier molecular flexibility index (Phi) is 6.57. The molecule has 1 saturated heterocycles. The van der Waals surface area contributed by atoms with Gasteiger partial charge in [0, 0.05) is 6.42 Å². The molecule has 7 nitrogen and oxygen atoms in total. The first kappa shape index (κ1) is 25.2. The van der Waals surface area contributed by atoms with Crippen molar-refractivity contribution < 1.29 is 29.4 Å². The SMILES string of the molecule is C[C@H](CCC(=O)ON1C(=O)CC(O)C1=O)[C@H]1CC[C@H]2[C@@H]3CCC4C[C@H](O)CC[C@]4(C)[C@H]3CC[C@]12C. The van der Waals surface area contributed by atoms with Crippen molar-refractivity contribution >= 4 is 17.8 Å². The Morgan fingerprint density at radius 1 is 1.03 bits per heavy atom. The van der Waals surface area contributed by atoms with Crippen LogP contribution in [0.25, 0.3) is 0 Å². The number of hydroxylamine groups is 2. The molecule has 0 aromatic heterocycles. The second kappa shape index (κ2) is 9.13. The number of nitrogens with zero attached hydrogens (tertiary/aromatic N) is 1. The van der Waals surface area contributed by atoms with Crippen LogP contribution in [0.2, 0.25) is 0 Å². The molecule has 0 bridgehead atoms. The van der Waals surface area contributed by atoms with Crippen molar-refractivity contribution in [1.29, 1.82) is 0 Å². The Bertz CT molecular complexity index is 876. The van der Waals surface area contributed by atoms with Gasteiger partial charge in [0.1, 0.15) is 6.10 Å². The first-order valence-electron chi connectivity index (χ1n) is 14.0. The molecule has 5 rings (SSSR count). The van der Waals surface area contributed by atoms with Gasteiger partial charge in [-0.1, -0.05) is 25.8 Å². The Hall–Kier alpha value is -1.47. The summed E-state index contributed by atoms with van der Waals surface area (Å²) in [6.07, 6.45) is 9.70. The van der Waals surface area contributed by atoms with Crippen LogP contribution in [0, 0.1) is 46.3 Å². The monoisotopic (exact) mass is 489 g/mol. The molecule has 1 heterocycles. The van der Waals surface area contributed by atoms with E-state index in [1.165, 1.54) is 44.9 Å². The topological polar surface area (TPSA) is 104 Å². The fourth-order valence-electron chi connectivity index (χ4n) is 9.59. The van der Waals surface area contributed by atoms with Crippen LogP contribution >= 0.6 is 0 Å². The van der Waals surface area contributed by atoms with Crippen molar-refractivity contribution in [3.8, 4) is 0 Å². The largest absolute Gasteiger partial charge is 0.393 e.